The molecule has 0 aliphatic heterocycles. The number of nitrogens with one attached hydrogen (secondary N) is 2. The lowest BCUT2D eigenvalue weighted by atomic mass is 10.2. The van der Waals surface area contributed by atoms with E-state index in [9.17, 15) is 9.59 Å². The standard InChI is InChI=1S/C19H17BrN4O2/c1-13-4-5-14(20)10-16(13)23-18(25)12-22-19(26)17-11-15(6-7-21-17)24-8-2-3-9-24/h2-11H,12H2,1H3,(H,22,26)(H,23,25). The van der Waals surface area contributed by atoms with Crippen molar-refractivity contribution in [1.82, 2.24) is 14.9 Å². The molecule has 7 heteroatoms. The Hall–Kier alpha value is -2.93. The number of anilines is 1. The van der Waals surface area contributed by atoms with Crippen LogP contribution >= 0.6 is 15.9 Å². The summed E-state index contributed by atoms with van der Waals surface area (Å²) in [6.07, 6.45) is 5.32. The first-order valence-corrected chi connectivity index (χ1v) is 8.76. The van der Waals surface area contributed by atoms with Gasteiger partial charge in [-0.2, -0.15) is 0 Å². The molecule has 0 aliphatic rings. The molecule has 0 radical (unpaired) electrons. The Kier molecular flexibility index (Phi) is 5.48. The van der Waals surface area contributed by atoms with Crippen LogP contribution < -0.4 is 10.6 Å². The van der Waals surface area contributed by atoms with Gasteiger partial charge < -0.3 is 15.2 Å². The minimum atomic E-state index is -0.403. The van der Waals surface area contributed by atoms with Crippen molar-refractivity contribution in [3.05, 3.63) is 76.8 Å². The lowest BCUT2D eigenvalue weighted by Gasteiger charge is -2.10. The molecule has 3 rings (SSSR count). The number of carbonyl (C=O) groups excluding carboxylic acids is 2. The summed E-state index contributed by atoms with van der Waals surface area (Å²) in [6, 6.07) is 12.9. The number of carbonyl (C=O) groups is 2. The first-order chi connectivity index (χ1) is 12.5. The predicted octanol–water partition coefficient (Wildman–Crippen LogP) is 3.31. The third-order valence-electron chi connectivity index (χ3n) is 3.76. The number of hydrogen-bond acceptors (Lipinski definition) is 3. The van der Waals surface area contributed by atoms with Crippen LogP contribution in [0.1, 0.15) is 16.1 Å². The normalized spacial score (nSPS) is 10.4. The van der Waals surface area contributed by atoms with Crippen molar-refractivity contribution >= 4 is 33.4 Å². The summed E-state index contributed by atoms with van der Waals surface area (Å²) in [5.74, 6) is -0.707. The molecule has 1 aromatic carbocycles. The highest BCUT2D eigenvalue weighted by Crippen LogP contribution is 2.20. The summed E-state index contributed by atoms with van der Waals surface area (Å²) in [6.45, 7) is 1.76. The Bertz CT molecular complexity index is 938. The fraction of sp³-hybridized carbons (Fsp3) is 0.105. The van der Waals surface area contributed by atoms with Gasteiger partial charge in [0, 0.05) is 34.4 Å². The summed E-state index contributed by atoms with van der Waals surface area (Å²) >= 11 is 3.37. The lowest BCUT2D eigenvalue weighted by molar-refractivity contribution is -0.115. The van der Waals surface area contributed by atoms with Gasteiger partial charge in [-0.3, -0.25) is 14.6 Å². The van der Waals surface area contributed by atoms with Crippen molar-refractivity contribution in [3.8, 4) is 5.69 Å². The molecule has 0 unspecified atom stereocenters. The minimum absolute atomic E-state index is 0.139. The van der Waals surface area contributed by atoms with Crippen molar-refractivity contribution in [2.45, 2.75) is 6.92 Å². The molecule has 2 heterocycles. The number of halogens is 1. The molecule has 0 atom stereocenters. The smallest absolute Gasteiger partial charge is 0.270 e. The summed E-state index contributed by atoms with van der Waals surface area (Å²) in [5.41, 5.74) is 2.72. The zero-order chi connectivity index (χ0) is 18.5. The fourth-order valence-corrected chi connectivity index (χ4v) is 2.75. The Labute approximate surface area is 159 Å². The van der Waals surface area contributed by atoms with E-state index in [0.29, 0.717) is 5.69 Å². The summed E-state index contributed by atoms with van der Waals surface area (Å²) in [5, 5.41) is 5.37. The zero-order valence-corrected chi connectivity index (χ0v) is 15.7. The van der Waals surface area contributed by atoms with Crippen LogP contribution in [0.5, 0.6) is 0 Å². The first-order valence-electron chi connectivity index (χ1n) is 7.96. The van der Waals surface area contributed by atoms with Crippen LogP contribution in [0.2, 0.25) is 0 Å². The molecule has 2 aromatic heterocycles. The number of aryl methyl sites for hydroxylation is 1. The third-order valence-corrected chi connectivity index (χ3v) is 4.26. The molecule has 2 N–H and O–H groups in total. The molecule has 0 bridgehead atoms. The van der Waals surface area contributed by atoms with E-state index in [4.69, 9.17) is 0 Å². The Morgan fingerprint density at radius 2 is 1.92 bits per heavy atom. The molecular weight excluding hydrogens is 396 g/mol. The molecule has 3 aromatic rings. The number of pyridine rings is 1. The van der Waals surface area contributed by atoms with Gasteiger partial charge in [-0.1, -0.05) is 22.0 Å². The van der Waals surface area contributed by atoms with Crippen molar-refractivity contribution in [2.75, 3.05) is 11.9 Å². The van der Waals surface area contributed by atoms with Crippen molar-refractivity contribution in [1.29, 1.82) is 0 Å². The van der Waals surface area contributed by atoms with Gasteiger partial charge in [0.05, 0.1) is 6.54 Å². The maximum atomic E-state index is 12.3. The highest BCUT2D eigenvalue weighted by atomic mass is 79.9. The molecule has 0 fully saturated rings. The number of nitrogens with zero attached hydrogens (tertiary/aromatic N) is 2. The zero-order valence-electron chi connectivity index (χ0n) is 14.1. The number of rotatable bonds is 5. The van der Waals surface area contributed by atoms with E-state index in [1.807, 2.05) is 54.2 Å². The van der Waals surface area contributed by atoms with Gasteiger partial charge >= 0.3 is 0 Å². The lowest BCUT2D eigenvalue weighted by Crippen LogP contribution is -2.33. The average Bonchev–Trinajstić information content (AvgIpc) is 3.17. The quantitative estimate of drug-likeness (QED) is 0.674. The average molecular weight is 413 g/mol. The molecule has 0 saturated heterocycles. The molecule has 2 amide bonds. The summed E-state index contributed by atoms with van der Waals surface area (Å²) in [7, 11) is 0. The van der Waals surface area contributed by atoms with Crippen molar-refractivity contribution < 1.29 is 9.59 Å². The molecule has 0 spiro atoms. The van der Waals surface area contributed by atoms with Crippen LogP contribution in [-0.2, 0) is 4.79 Å². The van der Waals surface area contributed by atoms with Crippen molar-refractivity contribution in [2.24, 2.45) is 0 Å². The van der Waals surface area contributed by atoms with Crippen LogP contribution in [0.4, 0.5) is 5.69 Å². The van der Waals surface area contributed by atoms with E-state index in [-0.39, 0.29) is 18.1 Å². The topological polar surface area (TPSA) is 76.0 Å². The van der Waals surface area contributed by atoms with E-state index in [0.717, 1.165) is 15.7 Å². The molecule has 6 nitrogen and oxygen atoms in total. The Morgan fingerprint density at radius 1 is 1.15 bits per heavy atom. The molecule has 26 heavy (non-hydrogen) atoms. The van der Waals surface area contributed by atoms with Crippen molar-refractivity contribution in [3.63, 3.8) is 0 Å². The van der Waals surface area contributed by atoms with Crippen LogP contribution in [0, 0.1) is 6.92 Å². The fourth-order valence-electron chi connectivity index (χ4n) is 2.39. The summed E-state index contributed by atoms with van der Waals surface area (Å²) < 4.78 is 2.75. The van der Waals surface area contributed by atoms with Gasteiger partial charge in [-0.25, -0.2) is 0 Å². The first kappa shape index (κ1) is 17.9. The van der Waals surface area contributed by atoms with Crippen LogP contribution in [0.25, 0.3) is 5.69 Å². The van der Waals surface area contributed by atoms with Crippen LogP contribution in [0.3, 0.4) is 0 Å². The molecule has 0 aliphatic carbocycles. The predicted molar refractivity (Wildman–Crippen MR) is 103 cm³/mol. The van der Waals surface area contributed by atoms with E-state index in [2.05, 4.69) is 31.5 Å². The highest BCUT2D eigenvalue weighted by molar-refractivity contribution is 9.10. The highest BCUT2D eigenvalue weighted by Gasteiger charge is 2.11. The van der Waals surface area contributed by atoms with Gasteiger partial charge in [-0.15, -0.1) is 0 Å². The van der Waals surface area contributed by atoms with Gasteiger partial charge in [0.2, 0.25) is 5.91 Å². The van der Waals surface area contributed by atoms with E-state index in [1.54, 1.807) is 18.3 Å². The molecule has 0 saturated carbocycles. The second-order valence-electron chi connectivity index (χ2n) is 5.68. The maximum Gasteiger partial charge on any atom is 0.270 e. The minimum Gasteiger partial charge on any atom is -0.342 e. The summed E-state index contributed by atoms with van der Waals surface area (Å²) in [4.78, 5) is 28.4. The number of aromatic nitrogens is 2. The van der Waals surface area contributed by atoms with Gasteiger partial charge in [0.25, 0.3) is 5.91 Å². The van der Waals surface area contributed by atoms with E-state index in [1.165, 1.54) is 0 Å². The second-order valence-corrected chi connectivity index (χ2v) is 6.60. The number of hydrogen-bond donors (Lipinski definition) is 2. The van der Waals surface area contributed by atoms with Gasteiger partial charge in [0.15, 0.2) is 0 Å². The largest absolute Gasteiger partial charge is 0.342 e. The molecular formula is C19H17BrN4O2. The Morgan fingerprint density at radius 3 is 2.69 bits per heavy atom. The van der Waals surface area contributed by atoms with Crippen LogP contribution in [0.15, 0.2) is 65.5 Å². The third kappa shape index (κ3) is 4.37. The van der Waals surface area contributed by atoms with E-state index < -0.39 is 5.91 Å². The molecule has 132 valence electrons. The second kappa shape index (κ2) is 7.97. The van der Waals surface area contributed by atoms with Gasteiger partial charge in [-0.05, 0) is 48.9 Å². The van der Waals surface area contributed by atoms with E-state index >= 15 is 0 Å². The maximum absolute atomic E-state index is 12.3. The SMILES string of the molecule is Cc1ccc(Br)cc1NC(=O)CNC(=O)c1cc(-n2cccc2)ccn1. The number of benzene rings is 1. The Balaban J connectivity index is 1.61. The van der Waals surface area contributed by atoms with Gasteiger partial charge in [0.1, 0.15) is 5.69 Å². The van der Waals surface area contributed by atoms with Crippen LogP contribution in [-0.4, -0.2) is 27.9 Å². The monoisotopic (exact) mass is 412 g/mol. The number of amides is 2.